The van der Waals surface area contributed by atoms with Gasteiger partial charge in [-0.3, -0.25) is 9.59 Å². The molecule has 0 amide bonds. The molecule has 4 rings (SSSR count). The van der Waals surface area contributed by atoms with Crippen molar-refractivity contribution < 1.29 is 54.5 Å². The van der Waals surface area contributed by atoms with Crippen LogP contribution in [0.3, 0.4) is 0 Å². The summed E-state index contributed by atoms with van der Waals surface area (Å²) in [7, 11) is -5.04. The number of hydrogen-bond donors (Lipinski definition) is 3. The average Bonchev–Trinajstić information content (AvgIpc) is 3.09. The van der Waals surface area contributed by atoms with Crippen molar-refractivity contribution in [3.8, 4) is 23.0 Å². The lowest BCUT2D eigenvalue weighted by atomic mass is 10.2. The predicted molar refractivity (Wildman–Crippen MR) is 206 cm³/mol. The fourth-order valence-electron chi connectivity index (χ4n) is 3.74. The van der Waals surface area contributed by atoms with Gasteiger partial charge in [-0.25, -0.2) is 0 Å². The van der Waals surface area contributed by atoms with Crippen LogP contribution in [-0.2, 0) is 41.5 Å². The number of hydrogen-bond acceptors (Lipinski definition) is 12. The first-order valence-corrected chi connectivity index (χ1v) is 19.7. The highest BCUT2D eigenvalue weighted by Crippen LogP contribution is 2.33. The minimum absolute atomic E-state index is 0. The number of ether oxygens (including phenoxy) is 2. The lowest BCUT2D eigenvalue weighted by Crippen LogP contribution is -2.10. The Morgan fingerprint density at radius 2 is 1.06 bits per heavy atom. The zero-order chi connectivity index (χ0) is 38.2. The average molecular weight is 817 g/mol. The van der Waals surface area contributed by atoms with Crippen LogP contribution < -0.4 is 17.8 Å². The molecule has 0 fully saturated rings. The van der Waals surface area contributed by atoms with Crippen molar-refractivity contribution in [3.63, 3.8) is 0 Å². The van der Waals surface area contributed by atoms with Gasteiger partial charge in [-0.05, 0) is 73.5 Å². The molecule has 0 saturated carbocycles. The van der Waals surface area contributed by atoms with Gasteiger partial charge in [-0.15, -0.1) is 23.4 Å². The molecule has 0 bridgehead atoms. The molecule has 0 aliphatic rings. The van der Waals surface area contributed by atoms with Crippen LogP contribution in [0.1, 0.15) is 29.7 Å². The summed E-state index contributed by atoms with van der Waals surface area (Å²) in [6.45, 7) is 3.74. The van der Waals surface area contributed by atoms with Crippen molar-refractivity contribution in [3.05, 3.63) is 107 Å². The van der Waals surface area contributed by atoms with Crippen LogP contribution in [-0.4, -0.2) is 64.7 Å². The minimum Gasteiger partial charge on any atom is -0.493 e. The topological polar surface area (TPSA) is 180 Å². The molecule has 0 radical (unpaired) electrons. The van der Waals surface area contributed by atoms with E-state index < -0.39 is 32.2 Å². The lowest BCUT2D eigenvalue weighted by molar-refractivity contribution is -0.134. The van der Waals surface area contributed by atoms with E-state index in [0.717, 1.165) is 22.3 Å². The van der Waals surface area contributed by atoms with Crippen LogP contribution in [0, 0.1) is 13.8 Å². The number of aryl methyl sites for hydroxylation is 2. The van der Waals surface area contributed by atoms with Gasteiger partial charge in [0.2, 0.25) is 0 Å². The molecule has 52 heavy (non-hydrogen) atoms. The minimum atomic E-state index is -3.99. The van der Waals surface area contributed by atoms with Crippen molar-refractivity contribution in [2.45, 2.75) is 42.7 Å². The van der Waals surface area contributed by atoms with Crippen molar-refractivity contribution in [2.75, 3.05) is 25.7 Å². The molecule has 2 N–H and O–H groups in total. The number of thiol groups is 1. The zero-order valence-corrected chi connectivity index (χ0v) is 32.0. The van der Waals surface area contributed by atoms with E-state index in [1.807, 2.05) is 13.8 Å². The first-order valence-electron chi connectivity index (χ1n) is 14.6. The highest BCUT2D eigenvalue weighted by atomic mass is 35.5. The summed E-state index contributed by atoms with van der Waals surface area (Å²) in [6.07, 6.45) is 0. The molecule has 4 aromatic carbocycles. The number of aliphatic carboxylic acids is 2. The van der Waals surface area contributed by atoms with E-state index in [0.29, 0.717) is 11.5 Å². The smallest absolute Gasteiger partial charge is 0.339 e. The molecule has 0 atom stereocenters. The van der Waals surface area contributed by atoms with E-state index in [2.05, 4.69) is 12.6 Å². The number of carbonyl (C=O) groups is 2. The summed E-state index contributed by atoms with van der Waals surface area (Å²) in [6, 6.07) is 22.5. The third-order valence-corrected chi connectivity index (χ3v) is 10.3. The van der Waals surface area contributed by atoms with Gasteiger partial charge < -0.3 is 28.1 Å². The lowest BCUT2D eigenvalue weighted by Gasteiger charge is -2.12. The Kier molecular flexibility index (Phi) is 19.5. The molecule has 17 heteroatoms. The van der Waals surface area contributed by atoms with Crippen LogP contribution in [0.5, 0.6) is 23.0 Å². The number of methoxy groups -OCH3 is 2. The molecule has 12 nitrogen and oxygen atoms in total. The van der Waals surface area contributed by atoms with Crippen molar-refractivity contribution in [1.82, 2.24) is 0 Å². The zero-order valence-electron chi connectivity index (χ0n) is 27.9. The third-order valence-electron chi connectivity index (χ3n) is 6.26. The quantitative estimate of drug-likeness (QED) is 0.0660. The maximum atomic E-state index is 12.4. The van der Waals surface area contributed by atoms with Gasteiger partial charge >= 0.3 is 32.2 Å². The largest absolute Gasteiger partial charge is 0.493 e. The van der Waals surface area contributed by atoms with Gasteiger partial charge in [-0.2, -0.15) is 29.5 Å². The second-order valence-corrected chi connectivity index (χ2v) is 14.9. The molecule has 0 saturated heterocycles. The number of alkyl halides is 1. The summed E-state index contributed by atoms with van der Waals surface area (Å²) < 4.78 is 70.1. The standard InChI is InChI=1S/C17H18O6S2.C15H15ClO4S.C2H4O2S.CH4/c1-12-3-6-14(7-4-12)25(20,21)23-16-9-13(5-8-15(16)22-2)10-24-11-17(18)19;1-11-3-6-13(7-4-11)21(17,18)20-15-9-12(10-16)5-8-14(15)19-2;3-2(4)1-5;/h3-9H,10-11H2,1-2H3,(H,18,19);3-9H,10H2,1-2H3;5H,1H2,(H,3,4);1H4. The summed E-state index contributed by atoms with van der Waals surface area (Å²) in [5, 5.41) is 16.3. The molecule has 0 unspecified atom stereocenters. The van der Waals surface area contributed by atoms with Crippen LogP contribution in [0.2, 0.25) is 0 Å². The van der Waals surface area contributed by atoms with E-state index in [4.69, 9.17) is 39.7 Å². The third kappa shape index (κ3) is 15.3. The van der Waals surface area contributed by atoms with Crippen LogP contribution in [0.15, 0.2) is 94.7 Å². The van der Waals surface area contributed by atoms with Gasteiger partial charge in [0, 0.05) is 11.6 Å². The molecule has 284 valence electrons. The van der Waals surface area contributed by atoms with Gasteiger partial charge in [-0.1, -0.05) is 55.0 Å². The van der Waals surface area contributed by atoms with Crippen molar-refractivity contribution in [2.24, 2.45) is 0 Å². The van der Waals surface area contributed by atoms with Gasteiger partial charge in [0.1, 0.15) is 9.79 Å². The fourth-order valence-corrected chi connectivity index (χ4v) is 6.47. The van der Waals surface area contributed by atoms with E-state index in [9.17, 15) is 26.4 Å². The van der Waals surface area contributed by atoms with Crippen LogP contribution >= 0.6 is 36.0 Å². The summed E-state index contributed by atoms with van der Waals surface area (Å²) >= 11 is 10.4. The van der Waals surface area contributed by atoms with Gasteiger partial charge in [0.05, 0.1) is 25.7 Å². The van der Waals surface area contributed by atoms with E-state index >= 15 is 0 Å². The monoisotopic (exact) mass is 816 g/mol. The maximum absolute atomic E-state index is 12.4. The predicted octanol–water partition coefficient (Wildman–Crippen LogP) is 7.24. The Morgan fingerprint density at radius 1 is 0.673 bits per heavy atom. The Labute approximate surface area is 319 Å². The summed E-state index contributed by atoms with van der Waals surface area (Å²) in [4.78, 5) is 20.0. The van der Waals surface area contributed by atoms with Crippen molar-refractivity contribution >= 4 is 68.2 Å². The SMILES string of the molecule is C.COc1ccc(CCl)cc1OS(=O)(=O)c1ccc(C)cc1.COc1ccc(CSCC(=O)O)cc1OS(=O)(=O)c1ccc(C)cc1.O=C(O)CS. The molecule has 0 aliphatic heterocycles. The molecular formula is C35H41ClO12S4. The first kappa shape index (κ1) is 45.9. The molecule has 0 aromatic heterocycles. The van der Waals surface area contributed by atoms with E-state index in [-0.39, 0.29) is 51.9 Å². The number of carboxylic acid groups (broad SMARTS) is 2. The normalized spacial score (nSPS) is 10.6. The van der Waals surface area contributed by atoms with Crippen LogP contribution in [0.25, 0.3) is 0 Å². The Balaban J connectivity index is 0.000000457. The highest BCUT2D eigenvalue weighted by molar-refractivity contribution is 7.99. The summed E-state index contributed by atoms with van der Waals surface area (Å²) in [5.74, 6) is -0.438. The Hall–Kier alpha value is -4.09. The Morgan fingerprint density at radius 3 is 1.40 bits per heavy atom. The molecular weight excluding hydrogens is 776 g/mol. The number of rotatable bonds is 14. The second kappa shape index (κ2) is 22.1. The van der Waals surface area contributed by atoms with Crippen molar-refractivity contribution in [1.29, 1.82) is 0 Å². The maximum Gasteiger partial charge on any atom is 0.339 e. The van der Waals surface area contributed by atoms with E-state index in [1.165, 1.54) is 50.2 Å². The number of benzene rings is 4. The Bertz CT molecular complexity index is 1970. The molecule has 0 aliphatic carbocycles. The number of thioether (sulfide) groups is 1. The molecule has 0 heterocycles. The first-order chi connectivity index (χ1) is 24.0. The number of carboxylic acids is 2. The molecule has 4 aromatic rings. The molecule has 0 spiro atoms. The van der Waals surface area contributed by atoms with Gasteiger partial charge in [0.25, 0.3) is 0 Å². The van der Waals surface area contributed by atoms with E-state index in [1.54, 1.807) is 60.7 Å². The number of halogens is 1. The second-order valence-electron chi connectivity index (χ2n) is 10.2. The fraction of sp³-hybridized carbons (Fsp3) is 0.257. The highest BCUT2D eigenvalue weighted by Gasteiger charge is 2.21. The van der Waals surface area contributed by atoms with Crippen LogP contribution in [0.4, 0.5) is 0 Å². The van der Waals surface area contributed by atoms with Gasteiger partial charge in [0.15, 0.2) is 23.0 Å². The summed E-state index contributed by atoms with van der Waals surface area (Å²) in [5.41, 5.74) is 3.39.